The standard InChI is InChI=1S/C15H14F3N2O2S.C6H5.Ru/c16-15(17,18)23(21,22)20-14(12-9-5-2-6-10-12)13(19)11-7-3-1-4-8-11;1-2-4-6-5-3-1;/h1-10,13-14H,19H2;1-5H;/q-1;;+1. The van der Waals surface area contributed by atoms with E-state index < -0.39 is 45.0 Å². The van der Waals surface area contributed by atoms with Gasteiger partial charge in [0.1, 0.15) is 0 Å². The Bertz CT molecular complexity index is 1050. The van der Waals surface area contributed by atoms with E-state index in [1.54, 1.807) is 91.0 Å². The molecule has 0 aromatic heterocycles. The van der Waals surface area contributed by atoms with Crippen LogP contribution in [0.1, 0.15) is 23.2 Å². The second-order valence-corrected chi connectivity index (χ2v) is 10.9. The topological polar surface area (TPSA) is 63.4 Å². The average Bonchev–Trinajstić information content (AvgIpc) is 2.74. The summed E-state index contributed by atoms with van der Waals surface area (Å²) in [5.74, 6) is 0. The van der Waals surface area contributed by atoms with Gasteiger partial charge in [0.25, 0.3) is 0 Å². The van der Waals surface area contributed by atoms with Crippen molar-refractivity contribution < 1.29 is 39.0 Å². The van der Waals surface area contributed by atoms with Gasteiger partial charge in [-0.3, -0.25) is 0 Å². The summed E-state index contributed by atoms with van der Waals surface area (Å²) < 4.78 is 67.4. The van der Waals surface area contributed by atoms with Crippen LogP contribution in [0.15, 0.2) is 91.0 Å². The molecule has 0 spiro atoms. The molecule has 0 amide bonds. The van der Waals surface area contributed by atoms with E-state index in [1.807, 2.05) is 0 Å². The van der Waals surface area contributed by atoms with Crippen molar-refractivity contribution in [3.05, 3.63) is 102 Å². The minimum atomic E-state index is -5.64. The molecule has 2 atom stereocenters. The third-order valence-corrected chi connectivity index (χ3v) is 9.08. The van der Waals surface area contributed by atoms with Crippen molar-refractivity contribution in [3.63, 3.8) is 0 Å². The Kier molecular flexibility index (Phi) is 7.08. The summed E-state index contributed by atoms with van der Waals surface area (Å²) in [5.41, 5.74) is 1.90. The molecule has 3 aromatic carbocycles. The number of alkyl halides is 3. The van der Waals surface area contributed by atoms with Crippen LogP contribution < -0.4 is 9.89 Å². The number of rotatable bonds is 7. The van der Waals surface area contributed by atoms with Crippen LogP contribution >= 0.6 is 0 Å². The van der Waals surface area contributed by atoms with E-state index in [0.29, 0.717) is 18.3 Å². The molecule has 3 aromatic rings. The molecule has 0 aliphatic heterocycles. The molecule has 0 aliphatic rings. The van der Waals surface area contributed by atoms with E-state index >= 15 is 0 Å². The maximum atomic E-state index is 13.7. The van der Waals surface area contributed by atoms with Gasteiger partial charge in [-0.2, -0.15) is 0 Å². The Balaban J connectivity index is 2.18. The van der Waals surface area contributed by atoms with Crippen LogP contribution in [0, 0.1) is 0 Å². The summed E-state index contributed by atoms with van der Waals surface area (Å²) >= 11 is -1.51. The molecule has 0 saturated carbocycles. The quantitative estimate of drug-likeness (QED) is 0.480. The number of hydrogen-bond acceptors (Lipinski definition) is 3. The van der Waals surface area contributed by atoms with E-state index in [-0.39, 0.29) is 0 Å². The zero-order valence-corrected chi connectivity index (χ0v) is 18.1. The molecule has 2 unspecified atom stereocenters. The van der Waals surface area contributed by atoms with Crippen LogP contribution in [-0.4, -0.2) is 17.0 Å². The Morgan fingerprint density at radius 2 is 1.20 bits per heavy atom. The number of sulfonamides is 1. The summed E-state index contributed by atoms with van der Waals surface area (Å²) in [6, 6.07) is 22.8. The number of halogens is 3. The van der Waals surface area contributed by atoms with Crippen LogP contribution in [-0.2, 0) is 27.4 Å². The number of benzene rings is 3. The molecule has 0 radical (unpaired) electrons. The van der Waals surface area contributed by atoms with E-state index in [4.69, 9.17) is 5.73 Å². The summed E-state index contributed by atoms with van der Waals surface area (Å²) in [6.07, 6.45) is 0. The fourth-order valence-corrected chi connectivity index (χ4v) is 7.09. The summed E-state index contributed by atoms with van der Waals surface area (Å²) in [5, 5.41) is 0. The number of hydrogen-bond donors (Lipinski definition) is 1. The first-order valence-corrected chi connectivity index (χ1v) is 11.9. The Hall–Kier alpha value is -2.06. The molecule has 0 saturated heterocycles. The van der Waals surface area contributed by atoms with Gasteiger partial charge in [0.15, 0.2) is 0 Å². The fourth-order valence-electron chi connectivity index (χ4n) is 2.84. The van der Waals surface area contributed by atoms with Crippen LogP contribution in [0.4, 0.5) is 13.2 Å². The van der Waals surface area contributed by atoms with Gasteiger partial charge >= 0.3 is 182 Å². The SMILES string of the molecule is NC(c1ccccc1)C(c1ccccc1)[N]([Ru][c]1ccccc1)S(=O)(=O)C(F)(F)F. The van der Waals surface area contributed by atoms with Gasteiger partial charge in [0.05, 0.1) is 0 Å². The molecule has 0 fully saturated rings. The van der Waals surface area contributed by atoms with Gasteiger partial charge < -0.3 is 0 Å². The molecule has 0 heterocycles. The van der Waals surface area contributed by atoms with Crippen molar-refractivity contribution in [2.75, 3.05) is 0 Å². The molecule has 30 heavy (non-hydrogen) atoms. The van der Waals surface area contributed by atoms with Crippen LogP contribution in [0.25, 0.3) is 0 Å². The van der Waals surface area contributed by atoms with E-state index in [0.717, 1.165) is 0 Å². The molecular formula is C21H19F3N2O2RuS. The summed E-state index contributed by atoms with van der Waals surface area (Å²) in [6.45, 7) is 0. The number of nitrogens with two attached hydrogens (primary N) is 1. The van der Waals surface area contributed by atoms with Gasteiger partial charge in [-0.1, -0.05) is 0 Å². The Labute approximate surface area is 181 Å². The Morgan fingerprint density at radius 1 is 0.767 bits per heavy atom. The number of nitrogens with zero attached hydrogens (tertiary/aromatic N) is 1. The summed E-state index contributed by atoms with van der Waals surface area (Å²) in [7, 11) is -5.64. The predicted molar refractivity (Wildman–Crippen MR) is 105 cm³/mol. The first kappa shape index (κ1) is 22.6. The van der Waals surface area contributed by atoms with Gasteiger partial charge in [-0.25, -0.2) is 0 Å². The molecule has 3 rings (SSSR count). The Morgan fingerprint density at radius 3 is 1.67 bits per heavy atom. The van der Waals surface area contributed by atoms with Gasteiger partial charge in [-0.05, 0) is 0 Å². The predicted octanol–water partition coefficient (Wildman–Crippen LogP) is 3.90. The first-order chi connectivity index (χ1) is 14.2. The van der Waals surface area contributed by atoms with E-state index in [9.17, 15) is 21.6 Å². The second-order valence-electron chi connectivity index (χ2n) is 6.33. The van der Waals surface area contributed by atoms with Gasteiger partial charge in [0.2, 0.25) is 0 Å². The van der Waals surface area contributed by atoms with Gasteiger partial charge in [0, 0.05) is 0 Å². The van der Waals surface area contributed by atoms with Crippen molar-refractivity contribution in [2.24, 2.45) is 5.73 Å². The molecule has 4 nitrogen and oxygen atoms in total. The monoisotopic (exact) mass is 522 g/mol. The van der Waals surface area contributed by atoms with E-state index in [1.165, 1.54) is 0 Å². The van der Waals surface area contributed by atoms with Crippen molar-refractivity contribution in [2.45, 2.75) is 17.6 Å². The van der Waals surface area contributed by atoms with Crippen LogP contribution in [0.3, 0.4) is 0 Å². The summed E-state index contributed by atoms with van der Waals surface area (Å²) in [4.78, 5) is 0. The molecule has 0 aliphatic carbocycles. The maximum absolute atomic E-state index is 13.7. The average molecular weight is 522 g/mol. The van der Waals surface area contributed by atoms with Crippen molar-refractivity contribution in [1.29, 1.82) is 0 Å². The van der Waals surface area contributed by atoms with E-state index in [2.05, 4.69) is 0 Å². The molecule has 160 valence electrons. The molecule has 9 heteroatoms. The van der Waals surface area contributed by atoms with Crippen LogP contribution in [0.5, 0.6) is 0 Å². The zero-order chi connectivity index (χ0) is 21.8. The van der Waals surface area contributed by atoms with Crippen LogP contribution in [0.2, 0.25) is 0 Å². The zero-order valence-electron chi connectivity index (χ0n) is 15.6. The second kappa shape index (κ2) is 9.39. The van der Waals surface area contributed by atoms with Gasteiger partial charge in [-0.15, -0.1) is 0 Å². The van der Waals surface area contributed by atoms with Crippen molar-refractivity contribution in [3.8, 4) is 0 Å². The van der Waals surface area contributed by atoms with Crippen molar-refractivity contribution in [1.82, 2.24) is 3.05 Å². The molecular weight excluding hydrogens is 502 g/mol. The molecule has 2 N–H and O–H groups in total. The third kappa shape index (κ3) is 4.98. The minimum absolute atomic E-state index is 0.395. The third-order valence-electron chi connectivity index (χ3n) is 4.29. The first-order valence-electron chi connectivity index (χ1n) is 8.86. The normalized spacial score (nSPS) is 14.6. The van der Waals surface area contributed by atoms with Crippen molar-refractivity contribution >= 4 is 14.2 Å². The molecule has 0 bridgehead atoms. The fraction of sp³-hybridized carbons (Fsp3) is 0.143.